The Morgan fingerprint density at radius 1 is 1.00 bits per heavy atom. The highest BCUT2D eigenvalue weighted by atomic mass is 16.6. The average molecular weight is 277 g/mol. The molecule has 1 atom stereocenters. The highest BCUT2D eigenvalue weighted by molar-refractivity contribution is 5.75. The summed E-state index contributed by atoms with van der Waals surface area (Å²) < 4.78 is 20.3. The molecule has 0 amide bonds. The van der Waals surface area contributed by atoms with Crippen LogP contribution in [0.25, 0.3) is 0 Å². The number of methoxy groups -OCH3 is 1. The number of hydrogen-bond donors (Lipinski definition) is 1. The minimum atomic E-state index is -0.544. The fourth-order valence-corrected chi connectivity index (χ4v) is 1.38. The first kappa shape index (κ1) is 18.3. The molecule has 0 aromatic rings. The second-order valence-corrected chi connectivity index (χ2v) is 4.62. The van der Waals surface area contributed by atoms with E-state index >= 15 is 0 Å². The zero-order valence-corrected chi connectivity index (χ0v) is 12.2. The lowest BCUT2D eigenvalue weighted by Crippen LogP contribution is -2.34. The summed E-state index contributed by atoms with van der Waals surface area (Å²) in [5.74, 6) is 0.0108. The van der Waals surface area contributed by atoms with Crippen LogP contribution in [0.1, 0.15) is 20.3 Å². The molecule has 0 rings (SSSR count). The van der Waals surface area contributed by atoms with Crippen LogP contribution in [0.2, 0.25) is 0 Å². The summed E-state index contributed by atoms with van der Waals surface area (Å²) in [6.07, 6.45) is 0.632. The number of rotatable bonds is 12. The number of esters is 1. The normalized spacial score (nSPS) is 12.7. The van der Waals surface area contributed by atoms with E-state index in [1.807, 2.05) is 13.8 Å². The maximum absolute atomic E-state index is 11.4. The molecular weight excluding hydrogens is 250 g/mol. The van der Waals surface area contributed by atoms with Crippen LogP contribution in [0.5, 0.6) is 0 Å². The largest absolute Gasteiger partial charge is 0.462 e. The molecule has 0 fully saturated rings. The maximum Gasteiger partial charge on any atom is 0.322 e. The first-order valence-corrected chi connectivity index (χ1v) is 6.64. The summed E-state index contributed by atoms with van der Waals surface area (Å²) in [6.45, 7) is 6.71. The van der Waals surface area contributed by atoms with Gasteiger partial charge in [0.1, 0.15) is 12.6 Å². The third-order valence-electron chi connectivity index (χ3n) is 2.30. The van der Waals surface area contributed by atoms with Crippen molar-refractivity contribution in [2.75, 3.05) is 46.8 Å². The van der Waals surface area contributed by atoms with Crippen LogP contribution in [-0.4, -0.2) is 58.8 Å². The Morgan fingerprint density at radius 3 is 2.05 bits per heavy atom. The average Bonchev–Trinajstić information content (AvgIpc) is 2.35. The van der Waals surface area contributed by atoms with Crippen molar-refractivity contribution in [2.45, 2.75) is 26.3 Å². The van der Waals surface area contributed by atoms with Gasteiger partial charge in [0.05, 0.1) is 33.0 Å². The van der Waals surface area contributed by atoms with Crippen LogP contribution in [0.15, 0.2) is 0 Å². The summed E-state index contributed by atoms with van der Waals surface area (Å²) >= 11 is 0. The highest BCUT2D eigenvalue weighted by Gasteiger charge is 2.15. The van der Waals surface area contributed by atoms with E-state index in [4.69, 9.17) is 24.7 Å². The smallest absolute Gasteiger partial charge is 0.322 e. The molecule has 0 aromatic heterocycles. The molecule has 0 radical (unpaired) electrons. The van der Waals surface area contributed by atoms with Gasteiger partial charge < -0.3 is 24.7 Å². The van der Waals surface area contributed by atoms with E-state index in [1.165, 1.54) is 0 Å². The molecule has 2 N–H and O–H groups in total. The molecule has 0 aliphatic carbocycles. The SMILES string of the molecule is COCCOCCOCCOC(=O)[C@@H](N)CC(C)C. The van der Waals surface area contributed by atoms with E-state index in [0.717, 1.165) is 0 Å². The van der Waals surface area contributed by atoms with E-state index < -0.39 is 6.04 Å². The lowest BCUT2D eigenvalue weighted by atomic mass is 10.1. The Balaban J connectivity index is 3.32. The van der Waals surface area contributed by atoms with Crippen molar-refractivity contribution in [2.24, 2.45) is 11.7 Å². The first-order chi connectivity index (χ1) is 9.07. The molecule has 0 unspecified atom stereocenters. The maximum atomic E-state index is 11.4. The minimum Gasteiger partial charge on any atom is -0.462 e. The monoisotopic (exact) mass is 277 g/mol. The standard InChI is InChI=1S/C13H27NO5/c1-11(2)10-12(14)13(15)19-9-8-18-7-6-17-5-4-16-3/h11-12H,4-10,14H2,1-3H3/t12-/m0/s1. The Morgan fingerprint density at radius 2 is 1.53 bits per heavy atom. The van der Waals surface area contributed by atoms with E-state index in [0.29, 0.717) is 45.4 Å². The number of carbonyl (C=O) groups excluding carboxylic acids is 1. The van der Waals surface area contributed by atoms with Gasteiger partial charge in [-0.05, 0) is 12.3 Å². The number of ether oxygens (including phenoxy) is 4. The summed E-state index contributed by atoms with van der Waals surface area (Å²) in [5.41, 5.74) is 5.68. The van der Waals surface area contributed by atoms with Gasteiger partial charge in [0, 0.05) is 7.11 Å². The van der Waals surface area contributed by atoms with Crippen molar-refractivity contribution in [3.05, 3.63) is 0 Å². The van der Waals surface area contributed by atoms with Gasteiger partial charge in [-0.2, -0.15) is 0 Å². The molecule has 114 valence electrons. The van der Waals surface area contributed by atoms with Crippen LogP contribution in [-0.2, 0) is 23.7 Å². The van der Waals surface area contributed by atoms with Crippen molar-refractivity contribution in [1.82, 2.24) is 0 Å². The number of carbonyl (C=O) groups is 1. The van der Waals surface area contributed by atoms with Gasteiger partial charge in [0.15, 0.2) is 0 Å². The van der Waals surface area contributed by atoms with Gasteiger partial charge in [0.25, 0.3) is 0 Å². The summed E-state index contributed by atoms with van der Waals surface area (Å²) in [5, 5.41) is 0. The number of nitrogens with two attached hydrogens (primary N) is 1. The van der Waals surface area contributed by atoms with E-state index in [9.17, 15) is 4.79 Å². The molecule has 0 aromatic carbocycles. The molecule has 6 nitrogen and oxygen atoms in total. The molecule has 6 heteroatoms. The van der Waals surface area contributed by atoms with Gasteiger partial charge in [-0.15, -0.1) is 0 Å². The second kappa shape index (κ2) is 12.3. The van der Waals surface area contributed by atoms with Crippen molar-refractivity contribution in [3.63, 3.8) is 0 Å². The topological polar surface area (TPSA) is 80.0 Å². The number of hydrogen-bond acceptors (Lipinski definition) is 6. The molecule has 0 aliphatic rings. The molecule has 0 saturated carbocycles. The fourth-order valence-electron chi connectivity index (χ4n) is 1.38. The predicted octanol–water partition coefficient (Wildman–Crippen LogP) is 0.583. The van der Waals surface area contributed by atoms with E-state index in [1.54, 1.807) is 7.11 Å². The molecule has 19 heavy (non-hydrogen) atoms. The van der Waals surface area contributed by atoms with Crippen molar-refractivity contribution < 1.29 is 23.7 Å². The third kappa shape index (κ3) is 12.1. The van der Waals surface area contributed by atoms with Crippen LogP contribution >= 0.6 is 0 Å². The van der Waals surface area contributed by atoms with Gasteiger partial charge >= 0.3 is 5.97 Å². The van der Waals surface area contributed by atoms with E-state index in [2.05, 4.69) is 0 Å². The summed E-state index contributed by atoms with van der Waals surface area (Å²) in [6, 6.07) is -0.544. The van der Waals surface area contributed by atoms with Crippen molar-refractivity contribution in [1.29, 1.82) is 0 Å². The minimum absolute atomic E-state index is 0.225. The fraction of sp³-hybridized carbons (Fsp3) is 0.923. The first-order valence-electron chi connectivity index (χ1n) is 6.64. The highest BCUT2D eigenvalue weighted by Crippen LogP contribution is 2.03. The van der Waals surface area contributed by atoms with Crippen LogP contribution in [0.4, 0.5) is 0 Å². The van der Waals surface area contributed by atoms with E-state index in [-0.39, 0.29) is 12.6 Å². The van der Waals surface area contributed by atoms with Gasteiger partial charge in [-0.1, -0.05) is 13.8 Å². The van der Waals surface area contributed by atoms with Crippen LogP contribution < -0.4 is 5.73 Å². The molecule has 0 aliphatic heterocycles. The van der Waals surface area contributed by atoms with Crippen LogP contribution in [0.3, 0.4) is 0 Å². The summed E-state index contributed by atoms with van der Waals surface area (Å²) in [4.78, 5) is 11.4. The lowest BCUT2D eigenvalue weighted by molar-refractivity contribution is -0.147. The zero-order valence-electron chi connectivity index (χ0n) is 12.2. The summed E-state index contributed by atoms with van der Waals surface area (Å²) in [7, 11) is 1.62. The third-order valence-corrected chi connectivity index (χ3v) is 2.30. The quantitative estimate of drug-likeness (QED) is 0.415. The zero-order chi connectivity index (χ0) is 14.5. The molecule has 0 bridgehead atoms. The van der Waals surface area contributed by atoms with Gasteiger partial charge in [-0.3, -0.25) is 4.79 Å². The van der Waals surface area contributed by atoms with Crippen molar-refractivity contribution in [3.8, 4) is 0 Å². The Hall–Kier alpha value is -0.690. The molecule has 0 spiro atoms. The molecule has 0 saturated heterocycles. The molecular formula is C13H27NO5. The van der Waals surface area contributed by atoms with Crippen molar-refractivity contribution >= 4 is 5.97 Å². The Labute approximate surface area is 115 Å². The predicted molar refractivity (Wildman–Crippen MR) is 71.9 cm³/mol. The Bertz CT molecular complexity index is 223. The van der Waals surface area contributed by atoms with Crippen LogP contribution in [0, 0.1) is 5.92 Å². The Kier molecular flexibility index (Phi) is 11.9. The second-order valence-electron chi connectivity index (χ2n) is 4.62. The van der Waals surface area contributed by atoms with Gasteiger partial charge in [0.2, 0.25) is 0 Å². The lowest BCUT2D eigenvalue weighted by Gasteiger charge is -2.13. The van der Waals surface area contributed by atoms with Gasteiger partial charge in [-0.25, -0.2) is 0 Å². The molecule has 0 heterocycles.